The Morgan fingerprint density at radius 2 is 1.43 bits per heavy atom. The predicted molar refractivity (Wildman–Crippen MR) is 109 cm³/mol. The molecular formula is C23H24N2O5. The van der Waals surface area contributed by atoms with Gasteiger partial charge in [-0.1, -0.05) is 60.7 Å². The molecule has 0 unspecified atom stereocenters. The van der Waals surface area contributed by atoms with Crippen LogP contribution in [-0.4, -0.2) is 53.2 Å². The van der Waals surface area contributed by atoms with Crippen molar-refractivity contribution in [3.05, 3.63) is 71.8 Å². The number of hydrogen-bond donors (Lipinski definition) is 0. The third kappa shape index (κ3) is 6.01. The van der Waals surface area contributed by atoms with E-state index in [1.54, 1.807) is 4.90 Å². The van der Waals surface area contributed by atoms with Crippen molar-refractivity contribution in [2.24, 2.45) is 0 Å². The fraction of sp³-hybridized carbons (Fsp3) is 0.304. The SMILES string of the molecule is O=C(CN1C(=O)CCC1=O)OCC(=O)N(CCc1ccccc1)Cc1ccccc1. The van der Waals surface area contributed by atoms with Crippen LogP contribution in [0.2, 0.25) is 0 Å². The van der Waals surface area contributed by atoms with E-state index in [-0.39, 0.29) is 18.7 Å². The molecule has 7 heteroatoms. The van der Waals surface area contributed by atoms with Gasteiger partial charge < -0.3 is 9.64 Å². The summed E-state index contributed by atoms with van der Waals surface area (Å²) in [5.41, 5.74) is 2.07. The number of rotatable bonds is 9. The quantitative estimate of drug-likeness (QED) is 0.468. The van der Waals surface area contributed by atoms with E-state index in [4.69, 9.17) is 4.74 Å². The lowest BCUT2D eigenvalue weighted by molar-refractivity contribution is -0.156. The van der Waals surface area contributed by atoms with Crippen molar-refractivity contribution in [2.45, 2.75) is 25.8 Å². The summed E-state index contributed by atoms with van der Waals surface area (Å²) in [6.07, 6.45) is 0.884. The van der Waals surface area contributed by atoms with Crippen molar-refractivity contribution >= 4 is 23.7 Å². The summed E-state index contributed by atoms with van der Waals surface area (Å²) in [7, 11) is 0. The molecule has 0 atom stereocenters. The lowest BCUT2D eigenvalue weighted by Gasteiger charge is -2.23. The highest BCUT2D eigenvalue weighted by molar-refractivity contribution is 6.04. The van der Waals surface area contributed by atoms with Crippen LogP contribution in [0.15, 0.2) is 60.7 Å². The number of benzene rings is 2. The molecule has 0 radical (unpaired) electrons. The molecule has 3 rings (SSSR count). The van der Waals surface area contributed by atoms with Gasteiger partial charge in [-0.2, -0.15) is 0 Å². The first-order chi connectivity index (χ1) is 14.5. The van der Waals surface area contributed by atoms with Crippen LogP contribution in [-0.2, 0) is 36.9 Å². The minimum absolute atomic E-state index is 0.107. The molecule has 1 aliphatic rings. The Hall–Kier alpha value is -3.48. The van der Waals surface area contributed by atoms with Gasteiger partial charge in [0.15, 0.2) is 6.61 Å². The minimum Gasteiger partial charge on any atom is -0.454 e. The number of esters is 1. The normalized spacial score (nSPS) is 13.4. The molecule has 30 heavy (non-hydrogen) atoms. The van der Waals surface area contributed by atoms with Crippen molar-refractivity contribution in [1.29, 1.82) is 0 Å². The third-order valence-electron chi connectivity index (χ3n) is 4.88. The molecule has 0 spiro atoms. The summed E-state index contributed by atoms with van der Waals surface area (Å²) < 4.78 is 5.06. The number of carbonyl (C=O) groups is 4. The van der Waals surface area contributed by atoms with E-state index < -0.39 is 30.9 Å². The molecule has 156 valence electrons. The van der Waals surface area contributed by atoms with Crippen LogP contribution < -0.4 is 0 Å². The van der Waals surface area contributed by atoms with E-state index in [1.165, 1.54) is 0 Å². The van der Waals surface area contributed by atoms with Gasteiger partial charge in [-0.25, -0.2) is 0 Å². The molecule has 3 amide bonds. The summed E-state index contributed by atoms with van der Waals surface area (Å²) in [6, 6.07) is 19.4. The number of amides is 3. The number of likely N-dealkylation sites (tertiary alicyclic amines) is 1. The molecular weight excluding hydrogens is 384 g/mol. The highest BCUT2D eigenvalue weighted by Gasteiger charge is 2.31. The van der Waals surface area contributed by atoms with Gasteiger partial charge in [-0.15, -0.1) is 0 Å². The van der Waals surface area contributed by atoms with Crippen LogP contribution in [0.4, 0.5) is 0 Å². The lowest BCUT2D eigenvalue weighted by atomic mass is 10.1. The first kappa shape index (κ1) is 21.2. The fourth-order valence-electron chi connectivity index (χ4n) is 3.21. The molecule has 2 aromatic rings. The smallest absolute Gasteiger partial charge is 0.326 e. The molecule has 2 aromatic carbocycles. The molecule has 1 aliphatic heterocycles. The van der Waals surface area contributed by atoms with E-state index >= 15 is 0 Å². The molecule has 0 bridgehead atoms. The van der Waals surface area contributed by atoms with Crippen LogP contribution in [0.5, 0.6) is 0 Å². The Labute approximate surface area is 175 Å². The molecule has 0 aliphatic carbocycles. The topological polar surface area (TPSA) is 84.0 Å². The van der Waals surface area contributed by atoms with Crippen molar-refractivity contribution in [3.63, 3.8) is 0 Å². The number of carbonyl (C=O) groups excluding carboxylic acids is 4. The summed E-state index contributed by atoms with van der Waals surface area (Å²) in [5.74, 6) is -1.88. The molecule has 0 aromatic heterocycles. The van der Waals surface area contributed by atoms with Gasteiger partial charge in [0.2, 0.25) is 11.8 Å². The Balaban J connectivity index is 1.57. The van der Waals surface area contributed by atoms with Crippen LogP contribution in [0.25, 0.3) is 0 Å². The Morgan fingerprint density at radius 1 is 0.867 bits per heavy atom. The molecule has 7 nitrogen and oxygen atoms in total. The maximum absolute atomic E-state index is 12.7. The number of ether oxygens (including phenoxy) is 1. The van der Waals surface area contributed by atoms with Crippen LogP contribution in [0.3, 0.4) is 0 Å². The average molecular weight is 408 g/mol. The Bertz CT molecular complexity index is 882. The van der Waals surface area contributed by atoms with E-state index in [0.717, 1.165) is 16.0 Å². The van der Waals surface area contributed by atoms with Gasteiger partial charge in [0.05, 0.1) is 0 Å². The zero-order chi connectivity index (χ0) is 21.3. The standard InChI is InChI=1S/C23H24N2O5/c26-20-11-12-21(27)25(20)16-23(29)30-17-22(28)24(15-19-9-5-2-6-10-19)14-13-18-7-3-1-4-8-18/h1-10H,11-17H2. The van der Waals surface area contributed by atoms with Crippen LogP contribution >= 0.6 is 0 Å². The van der Waals surface area contributed by atoms with Gasteiger partial charge in [0.1, 0.15) is 6.54 Å². The Kier molecular flexibility index (Phi) is 7.32. The zero-order valence-corrected chi connectivity index (χ0v) is 16.7. The molecule has 1 heterocycles. The maximum Gasteiger partial charge on any atom is 0.326 e. The van der Waals surface area contributed by atoms with Gasteiger partial charge in [0.25, 0.3) is 5.91 Å². The lowest BCUT2D eigenvalue weighted by Crippen LogP contribution is -2.38. The van der Waals surface area contributed by atoms with Gasteiger partial charge in [0, 0.05) is 25.9 Å². The van der Waals surface area contributed by atoms with Crippen molar-refractivity contribution < 1.29 is 23.9 Å². The molecule has 0 saturated carbocycles. The number of imide groups is 1. The monoisotopic (exact) mass is 408 g/mol. The predicted octanol–water partition coefficient (Wildman–Crippen LogP) is 1.95. The van der Waals surface area contributed by atoms with Crippen LogP contribution in [0.1, 0.15) is 24.0 Å². The molecule has 0 N–H and O–H groups in total. The van der Waals surface area contributed by atoms with Crippen molar-refractivity contribution in [2.75, 3.05) is 19.7 Å². The fourth-order valence-corrected chi connectivity index (χ4v) is 3.21. The summed E-state index contributed by atoms with van der Waals surface area (Å²) in [4.78, 5) is 50.5. The highest BCUT2D eigenvalue weighted by atomic mass is 16.5. The van der Waals surface area contributed by atoms with E-state index in [1.807, 2.05) is 60.7 Å². The summed E-state index contributed by atoms with van der Waals surface area (Å²) >= 11 is 0. The Morgan fingerprint density at radius 3 is 2.03 bits per heavy atom. The van der Waals surface area contributed by atoms with Gasteiger partial charge in [-0.05, 0) is 17.5 Å². The van der Waals surface area contributed by atoms with Gasteiger partial charge in [-0.3, -0.25) is 24.1 Å². The van der Waals surface area contributed by atoms with Crippen LogP contribution in [0, 0.1) is 0 Å². The van der Waals surface area contributed by atoms with Crippen molar-refractivity contribution in [3.8, 4) is 0 Å². The second-order valence-electron chi connectivity index (χ2n) is 7.07. The first-order valence-electron chi connectivity index (χ1n) is 9.87. The number of hydrogen-bond acceptors (Lipinski definition) is 5. The zero-order valence-electron chi connectivity index (χ0n) is 16.7. The van der Waals surface area contributed by atoms with E-state index in [9.17, 15) is 19.2 Å². The third-order valence-corrected chi connectivity index (χ3v) is 4.88. The number of nitrogens with zero attached hydrogens (tertiary/aromatic N) is 2. The van der Waals surface area contributed by atoms with Crippen molar-refractivity contribution in [1.82, 2.24) is 9.80 Å². The summed E-state index contributed by atoms with van der Waals surface area (Å²) in [5, 5.41) is 0. The maximum atomic E-state index is 12.7. The first-order valence-corrected chi connectivity index (χ1v) is 9.87. The highest BCUT2D eigenvalue weighted by Crippen LogP contribution is 2.12. The molecule has 1 fully saturated rings. The minimum atomic E-state index is -0.769. The second kappa shape index (κ2) is 10.3. The largest absolute Gasteiger partial charge is 0.454 e. The van der Waals surface area contributed by atoms with Gasteiger partial charge >= 0.3 is 5.97 Å². The van der Waals surface area contributed by atoms with E-state index in [0.29, 0.717) is 19.5 Å². The van der Waals surface area contributed by atoms with E-state index in [2.05, 4.69) is 0 Å². The second-order valence-corrected chi connectivity index (χ2v) is 7.07. The summed E-state index contributed by atoms with van der Waals surface area (Å²) in [6.45, 7) is -0.0180. The average Bonchev–Trinajstić information content (AvgIpc) is 3.08. The molecule has 1 saturated heterocycles.